The van der Waals surface area contributed by atoms with Gasteiger partial charge in [0.1, 0.15) is 17.2 Å². The number of hydrogen-bond acceptors (Lipinski definition) is 5. The summed E-state index contributed by atoms with van der Waals surface area (Å²) >= 11 is 0. The van der Waals surface area contributed by atoms with Crippen LogP contribution in [0.1, 0.15) is 70.4 Å². The molecule has 190 valence electrons. The van der Waals surface area contributed by atoms with Crippen LogP contribution in [0.25, 0.3) is 22.6 Å². The first-order valence-electron chi connectivity index (χ1n) is 13.0. The number of unbranched alkanes of at least 4 members (excludes halogenated alkanes) is 2. The number of ether oxygens (including phenoxy) is 2. The Kier molecular flexibility index (Phi) is 8.82. The Morgan fingerprint density at radius 1 is 0.944 bits per heavy atom. The third kappa shape index (κ3) is 6.17. The maximum absolute atomic E-state index is 6.28. The molecule has 0 amide bonds. The van der Waals surface area contributed by atoms with Gasteiger partial charge in [0.15, 0.2) is 12.2 Å². The maximum Gasteiger partial charge on any atom is 0.182 e. The Hall–Kier alpha value is -3.54. The first-order chi connectivity index (χ1) is 17.6. The Balaban J connectivity index is 1.69. The number of imidazole rings is 1. The Labute approximate surface area is 214 Å². The number of benzene rings is 2. The molecule has 0 atom stereocenters. The van der Waals surface area contributed by atoms with Crippen molar-refractivity contribution in [1.29, 1.82) is 0 Å². The zero-order chi connectivity index (χ0) is 25.3. The van der Waals surface area contributed by atoms with Gasteiger partial charge in [0.2, 0.25) is 0 Å². The van der Waals surface area contributed by atoms with Crippen molar-refractivity contribution in [3.05, 3.63) is 72.6 Å². The molecular formula is C30H37N3O3. The molecule has 0 aliphatic rings. The second kappa shape index (κ2) is 12.4. The molecule has 0 aliphatic heterocycles. The molecule has 0 unspecified atom stereocenters. The number of rotatable bonds is 13. The van der Waals surface area contributed by atoms with Crippen molar-refractivity contribution in [3.8, 4) is 34.1 Å². The number of hydrogen-bond donors (Lipinski definition) is 0. The van der Waals surface area contributed by atoms with Gasteiger partial charge in [0.25, 0.3) is 0 Å². The second-order valence-corrected chi connectivity index (χ2v) is 9.41. The summed E-state index contributed by atoms with van der Waals surface area (Å²) in [4.78, 5) is 8.76. The minimum Gasteiger partial charge on any atom is -0.493 e. The van der Waals surface area contributed by atoms with E-state index in [4.69, 9.17) is 13.9 Å². The van der Waals surface area contributed by atoms with E-state index >= 15 is 0 Å². The van der Waals surface area contributed by atoms with Crippen LogP contribution in [0.3, 0.4) is 0 Å². The molecule has 0 fully saturated rings. The fourth-order valence-corrected chi connectivity index (χ4v) is 4.11. The second-order valence-electron chi connectivity index (χ2n) is 9.41. The van der Waals surface area contributed by atoms with E-state index in [1.165, 1.54) is 12.0 Å². The molecule has 0 aliphatic carbocycles. The Bertz CT molecular complexity index is 1210. The van der Waals surface area contributed by atoms with Crippen LogP contribution in [-0.4, -0.2) is 27.7 Å². The van der Waals surface area contributed by atoms with Gasteiger partial charge < -0.3 is 18.5 Å². The van der Waals surface area contributed by atoms with Crippen molar-refractivity contribution in [2.75, 3.05) is 13.2 Å². The molecule has 2 aromatic carbocycles. The summed E-state index contributed by atoms with van der Waals surface area (Å²) < 4.78 is 20.5. The lowest BCUT2D eigenvalue weighted by molar-refractivity contribution is 0.292. The molecule has 0 N–H and O–H groups in total. The van der Waals surface area contributed by atoms with E-state index in [1.54, 1.807) is 6.20 Å². The molecule has 6 nitrogen and oxygen atoms in total. The van der Waals surface area contributed by atoms with Crippen LogP contribution in [0.2, 0.25) is 0 Å². The average molecular weight is 488 g/mol. The van der Waals surface area contributed by atoms with E-state index < -0.39 is 0 Å². The monoisotopic (exact) mass is 487 g/mol. The average Bonchev–Trinajstić information content (AvgIpc) is 3.57. The molecule has 4 rings (SSSR count). The van der Waals surface area contributed by atoms with Crippen molar-refractivity contribution in [1.82, 2.24) is 14.5 Å². The molecule has 36 heavy (non-hydrogen) atoms. The summed E-state index contributed by atoms with van der Waals surface area (Å²) in [6.45, 7) is 10.8. The first kappa shape index (κ1) is 25.5. The van der Waals surface area contributed by atoms with Gasteiger partial charge in [-0.2, -0.15) is 0 Å². The Morgan fingerprint density at radius 2 is 1.67 bits per heavy atom. The van der Waals surface area contributed by atoms with Crippen molar-refractivity contribution < 1.29 is 13.9 Å². The molecule has 0 spiro atoms. The predicted molar refractivity (Wildman–Crippen MR) is 144 cm³/mol. The van der Waals surface area contributed by atoms with Crippen LogP contribution in [-0.2, 0) is 6.54 Å². The van der Waals surface area contributed by atoms with Crippen molar-refractivity contribution >= 4 is 0 Å². The van der Waals surface area contributed by atoms with Crippen molar-refractivity contribution in [2.45, 2.75) is 65.8 Å². The van der Waals surface area contributed by atoms with Crippen LogP contribution in [0.4, 0.5) is 0 Å². The summed E-state index contributed by atoms with van der Waals surface area (Å²) in [6, 6.07) is 12.6. The third-order valence-corrected chi connectivity index (χ3v) is 6.21. The third-order valence-electron chi connectivity index (χ3n) is 6.21. The number of nitrogens with zero attached hydrogens (tertiary/aromatic N) is 3. The van der Waals surface area contributed by atoms with Crippen molar-refractivity contribution in [3.63, 3.8) is 0 Å². The molecule has 2 aromatic heterocycles. The predicted octanol–water partition coefficient (Wildman–Crippen LogP) is 7.73. The normalized spacial score (nSPS) is 11.2. The van der Waals surface area contributed by atoms with Gasteiger partial charge in [-0.25, -0.2) is 9.97 Å². The first-order valence-corrected chi connectivity index (χ1v) is 13.0. The largest absolute Gasteiger partial charge is 0.493 e. The van der Waals surface area contributed by atoms with Gasteiger partial charge in [-0.05, 0) is 36.0 Å². The highest BCUT2D eigenvalue weighted by Crippen LogP contribution is 2.42. The molecule has 4 aromatic rings. The SMILES string of the molecule is CCCCOc1cc(OCCCC)c(C(C)C)cc1-c1ncoc1-c1ccc(Cn2ccnc2)cc1. The van der Waals surface area contributed by atoms with Gasteiger partial charge in [-0.3, -0.25) is 0 Å². The molecule has 0 bridgehead atoms. The van der Waals surface area contributed by atoms with Crippen molar-refractivity contribution in [2.24, 2.45) is 0 Å². The standard InChI is InChI=1S/C30H37N3O3/c1-5-7-15-34-27-18-28(35-16-8-6-2)26(17-25(27)22(3)4)29-30(36-21-32-29)24-11-9-23(10-12-24)19-33-14-13-31-20-33/h9-14,17-18,20-22H,5-8,15-16,19H2,1-4H3. The summed E-state index contributed by atoms with van der Waals surface area (Å²) in [5.74, 6) is 2.70. The molecule has 2 heterocycles. The maximum atomic E-state index is 6.28. The zero-order valence-electron chi connectivity index (χ0n) is 21.9. The number of oxazole rings is 1. The highest BCUT2D eigenvalue weighted by Gasteiger charge is 2.21. The zero-order valence-corrected chi connectivity index (χ0v) is 21.9. The van der Waals surface area contributed by atoms with Crippen LogP contribution in [0, 0.1) is 0 Å². The fraction of sp³-hybridized carbons (Fsp3) is 0.400. The quantitative estimate of drug-likeness (QED) is 0.181. The van der Waals surface area contributed by atoms with Crippen LogP contribution < -0.4 is 9.47 Å². The van der Waals surface area contributed by atoms with Gasteiger partial charge in [-0.1, -0.05) is 64.8 Å². The molecule has 6 heteroatoms. The van der Waals surface area contributed by atoms with E-state index in [-0.39, 0.29) is 0 Å². The van der Waals surface area contributed by atoms with E-state index in [2.05, 4.69) is 68.0 Å². The van der Waals surface area contributed by atoms with Gasteiger partial charge in [0.05, 0.1) is 19.5 Å². The molecule has 0 saturated heterocycles. The Morgan fingerprint density at radius 3 is 2.31 bits per heavy atom. The smallest absolute Gasteiger partial charge is 0.182 e. The minimum atomic E-state index is 0.294. The van der Waals surface area contributed by atoms with Crippen LogP contribution in [0.5, 0.6) is 11.5 Å². The summed E-state index contributed by atoms with van der Waals surface area (Å²) in [6.07, 6.45) is 11.3. The lowest BCUT2D eigenvalue weighted by Gasteiger charge is -2.19. The highest BCUT2D eigenvalue weighted by atomic mass is 16.5. The summed E-state index contributed by atoms with van der Waals surface area (Å²) in [7, 11) is 0. The van der Waals surface area contributed by atoms with Gasteiger partial charge >= 0.3 is 0 Å². The fourth-order valence-electron chi connectivity index (χ4n) is 4.11. The number of aromatic nitrogens is 3. The van der Waals surface area contributed by atoms with Crippen LogP contribution in [0.15, 0.2) is 65.9 Å². The molecule has 0 saturated carbocycles. The minimum absolute atomic E-state index is 0.294. The van der Waals surface area contributed by atoms with Gasteiger partial charge in [0, 0.05) is 36.1 Å². The van der Waals surface area contributed by atoms with E-state index in [1.807, 2.05) is 23.2 Å². The summed E-state index contributed by atoms with van der Waals surface area (Å²) in [5, 5.41) is 0. The van der Waals surface area contributed by atoms with E-state index in [0.29, 0.717) is 19.1 Å². The van der Waals surface area contributed by atoms with Crippen LogP contribution >= 0.6 is 0 Å². The molecule has 0 radical (unpaired) electrons. The van der Waals surface area contributed by atoms with E-state index in [9.17, 15) is 0 Å². The lowest BCUT2D eigenvalue weighted by Crippen LogP contribution is -2.05. The van der Waals surface area contributed by atoms with E-state index in [0.717, 1.165) is 71.9 Å². The van der Waals surface area contributed by atoms with Gasteiger partial charge in [-0.15, -0.1) is 0 Å². The molecular weight excluding hydrogens is 450 g/mol. The summed E-state index contributed by atoms with van der Waals surface area (Å²) in [5.41, 5.74) is 5.03. The topological polar surface area (TPSA) is 62.3 Å². The highest BCUT2D eigenvalue weighted by molar-refractivity contribution is 5.81. The lowest BCUT2D eigenvalue weighted by atomic mass is 9.96.